The van der Waals surface area contributed by atoms with E-state index in [1.54, 1.807) is 19.1 Å². The summed E-state index contributed by atoms with van der Waals surface area (Å²) in [5.74, 6) is -1.29. The lowest BCUT2D eigenvalue weighted by atomic mass is 10.1. The fourth-order valence-electron chi connectivity index (χ4n) is 3.83. The summed E-state index contributed by atoms with van der Waals surface area (Å²) in [6.07, 6.45) is 1.08. The monoisotopic (exact) mass is 485 g/mol. The highest BCUT2D eigenvalue weighted by Gasteiger charge is 2.41. The molecule has 0 unspecified atom stereocenters. The van der Waals surface area contributed by atoms with Gasteiger partial charge in [0.15, 0.2) is 0 Å². The molecule has 3 amide bonds. The van der Waals surface area contributed by atoms with E-state index in [0.29, 0.717) is 13.0 Å². The number of nitrogens with one attached hydrogen (secondary N) is 1. The van der Waals surface area contributed by atoms with Crippen LogP contribution in [0.5, 0.6) is 0 Å². The summed E-state index contributed by atoms with van der Waals surface area (Å²) in [5, 5.41) is 2.90. The minimum atomic E-state index is -3.99. The van der Waals surface area contributed by atoms with Crippen LogP contribution in [-0.2, 0) is 26.0 Å². The minimum Gasteiger partial charge on any atom is -0.352 e. The largest absolute Gasteiger partial charge is 0.352 e. The number of benzene rings is 2. The fourth-order valence-corrected chi connectivity index (χ4v) is 5.40. The predicted octanol–water partition coefficient (Wildman–Crippen LogP) is 2.60. The van der Waals surface area contributed by atoms with Crippen molar-refractivity contribution in [3.8, 4) is 0 Å². The van der Waals surface area contributed by atoms with Gasteiger partial charge in [-0.05, 0) is 44.4 Å². The highest BCUT2D eigenvalue weighted by Crippen LogP contribution is 2.30. The maximum Gasteiger partial charge on any atom is 0.269 e. The molecule has 1 aliphatic heterocycles. The highest BCUT2D eigenvalue weighted by molar-refractivity contribution is 7.90. The van der Waals surface area contributed by atoms with Crippen LogP contribution in [0.2, 0.25) is 0 Å². The van der Waals surface area contributed by atoms with E-state index in [9.17, 15) is 22.8 Å². The Morgan fingerprint density at radius 1 is 1.03 bits per heavy atom. The molecule has 0 saturated heterocycles. The number of hydrogen-bond donors (Lipinski definition) is 1. The third kappa shape index (κ3) is 5.47. The zero-order valence-corrected chi connectivity index (χ0v) is 20.5. The maximum atomic E-state index is 13.2. The van der Waals surface area contributed by atoms with Gasteiger partial charge in [-0.3, -0.25) is 14.4 Å². The first kappa shape index (κ1) is 25.4. The van der Waals surface area contributed by atoms with Gasteiger partial charge < -0.3 is 10.2 Å². The number of amides is 3. The molecular formula is C25H31N3O5S. The third-order valence-electron chi connectivity index (χ3n) is 6.09. The number of hydrogen-bond acceptors (Lipinski definition) is 5. The first-order valence-corrected chi connectivity index (χ1v) is 12.9. The van der Waals surface area contributed by atoms with Crippen molar-refractivity contribution in [1.82, 2.24) is 14.5 Å². The van der Waals surface area contributed by atoms with Crippen molar-refractivity contribution in [1.29, 1.82) is 0 Å². The average molecular weight is 486 g/mol. The molecule has 0 bridgehead atoms. The van der Waals surface area contributed by atoms with E-state index in [0.717, 1.165) is 16.3 Å². The highest BCUT2D eigenvalue weighted by atomic mass is 32.2. The first-order chi connectivity index (χ1) is 16.2. The zero-order chi connectivity index (χ0) is 24.9. The number of carbonyl (C=O) groups is 3. The van der Waals surface area contributed by atoms with E-state index in [2.05, 4.69) is 5.32 Å². The summed E-state index contributed by atoms with van der Waals surface area (Å²) in [5.41, 5.74) is 1.12. The SMILES string of the molecule is CC[C@@H](C)NC(=O)[C@H](C)N(CCc1ccccc1)C(=O)CCN1C(=O)c2ccccc2S1(=O)=O. The van der Waals surface area contributed by atoms with E-state index in [4.69, 9.17) is 0 Å². The van der Waals surface area contributed by atoms with E-state index < -0.39 is 22.0 Å². The zero-order valence-electron chi connectivity index (χ0n) is 19.7. The van der Waals surface area contributed by atoms with E-state index in [1.165, 1.54) is 17.0 Å². The molecule has 0 fully saturated rings. The lowest BCUT2D eigenvalue weighted by Crippen LogP contribution is -2.51. The van der Waals surface area contributed by atoms with Crippen LogP contribution in [0.3, 0.4) is 0 Å². The Morgan fingerprint density at radius 2 is 1.68 bits per heavy atom. The molecule has 8 nitrogen and oxygen atoms in total. The Balaban J connectivity index is 1.74. The Kier molecular flexibility index (Phi) is 8.09. The summed E-state index contributed by atoms with van der Waals surface area (Å²) in [7, 11) is -3.99. The molecule has 2 aromatic carbocycles. The number of rotatable bonds is 10. The molecule has 0 spiro atoms. The van der Waals surface area contributed by atoms with Crippen LogP contribution in [0, 0.1) is 0 Å². The van der Waals surface area contributed by atoms with Crippen LogP contribution < -0.4 is 5.32 Å². The van der Waals surface area contributed by atoms with Crippen LogP contribution >= 0.6 is 0 Å². The Labute approximate surface area is 201 Å². The van der Waals surface area contributed by atoms with Gasteiger partial charge in [-0.2, -0.15) is 0 Å². The minimum absolute atomic E-state index is 0.0353. The first-order valence-electron chi connectivity index (χ1n) is 11.5. The Hall–Kier alpha value is -3.20. The maximum absolute atomic E-state index is 13.2. The second-order valence-corrected chi connectivity index (χ2v) is 10.3. The van der Waals surface area contributed by atoms with Crippen LogP contribution in [0.4, 0.5) is 0 Å². The van der Waals surface area contributed by atoms with Gasteiger partial charge in [0.05, 0.1) is 5.56 Å². The van der Waals surface area contributed by atoms with Gasteiger partial charge in [0.2, 0.25) is 11.8 Å². The molecule has 0 aromatic heterocycles. The molecule has 2 atom stereocenters. The molecule has 2 aromatic rings. The molecule has 0 radical (unpaired) electrons. The average Bonchev–Trinajstić information content (AvgIpc) is 3.03. The van der Waals surface area contributed by atoms with Crippen molar-refractivity contribution in [3.63, 3.8) is 0 Å². The summed E-state index contributed by atoms with van der Waals surface area (Å²) in [4.78, 5) is 40.1. The fraction of sp³-hybridized carbons (Fsp3) is 0.400. The molecular weight excluding hydrogens is 454 g/mol. The molecule has 1 heterocycles. The summed E-state index contributed by atoms with van der Waals surface area (Å²) in [6.45, 7) is 5.52. The van der Waals surface area contributed by atoms with Gasteiger partial charge in [0, 0.05) is 25.6 Å². The van der Waals surface area contributed by atoms with Gasteiger partial charge in [-0.1, -0.05) is 49.4 Å². The number of fused-ring (bicyclic) bond motifs is 1. The standard InChI is InChI=1S/C25H31N3O5S/c1-4-18(2)26-24(30)19(3)27(16-14-20-10-6-5-7-11-20)23(29)15-17-28-25(31)21-12-8-9-13-22(21)34(28,32)33/h5-13,18-19H,4,14-17H2,1-3H3,(H,26,30)/t18-,19+/m1/s1. The topological polar surface area (TPSA) is 104 Å². The van der Waals surface area contributed by atoms with Crippen molar-refractivity contribution in [2.75, 3.05) is 13.1 Å². The van der Waals surface area contributed by atoms with Crippen LogP contribution in [0.1, 0.15) is 49.5 Å². The van der Waals surface area contributed by atoms with Crippen molar-refractivity contribution in [3.05, 3.63) is 65.7 Å². The van der Waals surface area contributed by atoms with Gasteiger partial charge in [-0.25, -0.2) is 12.7 Å². The van der Waals surface area contributed by atoms with E-state index in [-0.39, 0.29) is 41.3 Å². The van der Waals surface area contributed by atoms with E-state index in [1.807, 2.05) is 44.2 Å². The lowest BCUT2D eigenvalue weighted by molar-refractivity contribution is -0.140. The Morgan fingerprint density at radius 3 is 2.32 bits per heavy atom. The van der Waals surface area contributed by atoms with Crippen molar-refractivity contribution < 1.29 is 22.8 Å². The second kappa shape index (κ2) is 10.8. The normalized spacial score (nSPS) is 16.0. The molecule has 182 valence electrons. The van der Waals surface area contributed by atoms with Gasteiger partial charge in [-0.15, -0.1) is 0 Å². The second-order valence-electron chi connectivity index (χ2n) is 8.45. The summed E-state index contributed by atoms with van der Waals surface area (Å²) >= 11 is 0. The van der Waals surface area contributed by atoms with Gasteiger partial charge in [0.1, 0.15) is 10.9 Å². The van der Waals surface area contributed by atoms with Crippen LogP contribution in [-0.4, -0.2) is 60.5 Å². The molecule has 0 aliphatic carbocycles. The number of sulfonamides is 1. The van der Waals surface area contributed by atoms with Crippen molar-refractivity contribution in [2.45, 2.75) is 57.0 Å². The quantitative estimate of drug-likeness (QED) is 0.557. The molecule has 0 saturated carbocycles. The molecule has 1 N–H and O–H groups in total. The lowest BCUT2D eigenvalue weighted by Gasteiger charge is -2.30. The third-order valence-corrected chi connectivity index (χ3v) is 7.93. The predicted molar refractivity (Wildman–Crippen MR) is 128 cm³/mol. The van der Waals surface area contributed by atoms with Gasteiger partial charge >= 0.3 is 0 Å². The van der Waals surface area contributed by atoms with Gasteiger partial charge in [0.25, 0.3) is 15.9 Å². The smallest absolute Gasteiger partial charge is 0.269 e. The van der Waals surface area contributed by atoms with Crippen molar-refractivity contribution in [2.24, 2.45) is 0 Å². The molecule has 1 aliphatic rings. The summed E-state index contributed by atoms with van der Waals surface area (Å²) in [6, 6.07) is 14.8. The number of nitrogens with zero attached hydrogens (tertiary/aromatic N) is 2. The summed E-state index contributed by atoms with van der Waals surface area (Å²) < 4.78 is 26.3. The van der Waals surface area contributed by atoms with Crippen LogP contribution in [0.25, 0.3) is 0 Å². The molecule has 34 heavy (non-hydrogen) atoms. The number of carbonyl (C=O) groups excluding carboxylic acids is 3. The van der Waals surface area contributed by atoms with Crippen LogP contribution in [0.15, 0.2) is 59.5 Å². The molecule has 9 heteroatoms. The van der Waals surface area contributed by atoms with E-state index >= 15 is 0 Å². The molecule has 3 rings (SSSR count). The Bertz CT molecular complexity index is 1150. The van der Waals surface area contributed by atoms with Crippen molar-refractivity contribution >= 4 is 27.7 Å².